The molecule has 1 fully saturated rings. The van der Waals surface area contributed by atoms with Gasteiger partial charge in [-0.3, -0.25) is 19.3 Å². The standard InChI is InChI=1S/C22H30N4O4/c1-14-8-7-11-25(14)18(27)12-23-21(30)24-17(22(2,3)4)13-26-19(28)15-9-5-6-10-16(15)20(26)29/h5-6,9-10,14,17H,7-8,11-13H2,1-4H3,(H2,23,24,30)/t14-,17?/m1/s1. The Morgan fingerprint density at radius 3 is 2.23 bits per heavy atom. The molecule has 2 heterocycles. The summed E-state index contributed by atoms with van der Waals surface area (Å²) in [7, 11) is 0. The lowest BCUT2D eigenvalue weighted by Gasteiger charge is -2.34. The van der Waals surface area contributed by atoms with E-state index in [1.54, 1.807) is 29.2 Å². The molecule has 2 aliphatic heterocycles. The summed E-state index contributed by atoms with van der Waals surface area (Å²) in [6.07, 6.45) is 1.95. The third-order valence-corrected chi connectivity index (χ3v) is 5.87. The fraction of sp³-hybridized carbons (Fsp3) is 0.545. The van der Waals surface area contributed by atoms with Gasteiger partial charge in [0.2, 0.25) is 5.91 Å². The van der Waals surface area contributed by atoms with Gasteiger partial charge in [0.05, 0.1) is 30.3 Å². The second kappa shape index (κ2) is 8.45. The number of nitrogens with one attached hydrogen (secondary N) is 2. The molecule has 0 aliphatic carbocycles. The first-order valence-electron chi connectivity index (χ1n) is 10.4. The molecule has 1 unspecified atom stereocenters. The summed E-state index contributed by atoms with van der Waals surface area (Å²) in [4.78, 5) is 53.1. The fourth-order valence-corrected chi connectivity index (χ4v) is 3.89. The van der Waals surface area contributed by atoms with Gasteiger partial charge < -0.3 is 15.5 Å². The molecule has 2 atom stereocenters. The number of amides is 5. The number of rotatable bonds is 5. The van der Waals surface area contributed by atoms with E-state index in [0.717, 1.165) is 12.8 Å². The van der Waals surface area contributed by atoms with Crippen molar-refractivity contribution in [1.29, 1.82) is 0 Å². The van der Waals surface area contributed by atoms with Gasteiger partial charge in [-0.2, -0.15) is 0 Å². The van der Waals surface area contributed by atoms with Crippen molar-refractivity contribution in [2.75, 3.05) is 19.6 Å². The molecule has 30 heavy (non-hydrogen) atoms. The molecular formula is C22H30N4O4. The van der Waals surface area contributed by atoms with Crippen LogP contribution in [0.2, 0.25) is 0 Å². The van der Waals surface area contributed by atoms with Crippen molar-refractivity contribution < 1.29 is 19.2 Å². The number of carbonyl (C=O) groups is 4. The van der Waals surface area contributed by atoms with E-state index in [-0.39, 0.29) is 36.9 Å². The van der Waals surface area contributed by atoms with Gasteiger partial charge in [-0.25, -0.2) is 4.79 Å². The largest absolute Gasteiger partial charge is 0.338 e. The Morgan fingerprint density at radius 1 is 1.13 bits per heavy atom. The van der Waals surface area contributed by atoms with Gasteiger partial charge >= 0.3 is 6.03 Å². The third kappa shape index (κ3) is 4.47. The normalized spacial score (nSPS) is 19.7. The van der Waals surface area contributed by atoms with E-state index in [1.165, 1.54) is 4.90 Å². The highest BCUT2D eigenvalue weighted by Crippen LogP contribution is 2.26. The number of benzene rings is 1. The summed E-state index contributed by atoms with van der Waals surface area (Å²) in [6.45, 7) is 8.46. The molecule has 0 aromatic heterocycles. The Hall–Kier alpha value is -2.90. The Labute approximate surface area is 177 Å². The first-order chi connectivity index (χ1) is 14.1. The first-order valence-corrected chi connectivity index (χ1v) is 10.4. The molecule has 8 nitrogen and oxygen atoms in total. The van der Waals surface area contributed by atoms with Crippen molar-refractivity contribution >= 4 is 23.8 Å². The second-order valence-corrected chi connectivity index (χ2v) is 9.09. The van der Waals surface area contributed by atoms with Gasteiger partial charge in [-0.1, -0.05) is 32.9 Å². The van der Waals surface area contributed by atoms with E-state index in [0.29, 0.717) is 17.7 Å². The number of nitrogens with zero attached hydrogens (tertiary/aromatic N) is 2. The van der Waals surface area contributed by atoms with Crippen LogP contribution in [-0.2, 0) is 4.79 Å². The molecule has 0 radical (unpaired) electrons. The van der Waals surface area contributed by atoms with Crippen LogP contribution in [0.1, 0.15) is 61.3 Å². The number of hydrogen-bond acceptors (Lipinski definition) is 4. The molecule has 2 N–H and O–H groups in total. The monoisotopic (exact) mass is 414 g/mol. The van der Waals surface area contributed by atoms with Crippen LogP contribution in [0.15, 0.2) is 24.3 Å². The van der Waals surface area contributed by atoms with Gasteiger partial charge in [0.15, 0.2) is 0 Å². The van der Waals surface area contributed by atoms with Crippen LogP contribution in [0.4, 0.5) is 4.79 Å². The van der Waals surface area contributed by atoms with Crippen molar-refractivity contribution in [3.63, 3.8) is 0 Å². The molecule has 3 rings (SSSR count). The Bertz CT molecular complexity index is 826. The quantitative estimate of drug-likeness (QED) is 0.720. The second-order valence-electron chi connectivity index (χ2n) is 9.09. The van der Waals surface area contributed by atoms with E-state index in [4.69, 9.17) is 0 Å². The number of urea groups is 1. The van der Waals surface area contributed by atoms with Crippen molar-refractivity contribution in [3.8, 4) is 0 Å². The van der Waals surface area contributed by atoms with Crippen LogP contribution in [0.3, 0.4) is 0 Å². The molecule has 1 aromatic rings. The highest BCUT2D eigenvalue weighted by Gasteiger charge is 2.39. The van der Waals surface area contributed by atoms with Crippen molar-refractivity contribution in [2.24, 2.45) is 5.41 Å². The minimum atomic E-state index is -0.494. The third-order valence-electron chi connectivity index (χ3n) is 5.87. The number of likely N-dealkylation sites (tertiary alicyclic amines) is 1. The molecule has 5 amide bonds. The first kappa shape index (κ1) is 21.8. The molecular weight excluding hydrogens is 384 g/mol. The zero-order chi connectivity index (χ0) is 22.1. The molecule has 0 bridgehead atoms. The van der Waals surface area contributed by atoms with E-state index in [9.17, 15) is 19.2 Å². The lowest BCUT2D eigenvalue weighted by Crippen LogP contribution is -2.55. The summed E-state index contributed by atoms with van der Waals surface area (Å²) in [5.41, 5.74) is 0.343. The highest BCUT2D eigenvalue weighted by molar-refractivity contribution is 6.21. The SMILES string of the molecule is C[C@@H]1CCCN1C(=O)CNC(=O)NC(CN1C(=O)c2ccccc2C1=O)C(C)(C)C. The summed E-state index contributed by atoms with van der Waals surface area (Å²) in [6, 6.07) is 5.92. The van der Waals surface area contributed by atoms with E-state index >= 15 is 0 Å². The van der Waals surface area contributed by atoms with Crippen LogP contribution >= 0.6 is 0 Å². The number of fused-ring (bicyclic) bond motifs is 1. The highest BCUT2D eigenvalue weighted by atomic mass is 16.2. The molecule has 162 valence electrons. The minimum Gasteiger partial charge on any atom is -0.338 e. The van der Waals surface area contributed by atoms with Gasteiger partial charge in [-0.05, 0) is 37.3 Å². The van der Waals surface area contributed by atoms with Gasteiger partial charge in [0, 0.05) is 12.6 Å². The predicted molar refractivity (Wildman–Crippen MR) is 112 cm³/mol. The number of imide groups is 1. The molecule has 2 aliphatic rings. The zero-order valence-electron chi connectivity index (χ0n) is 18.0. The van der Waals surface area contributed by atoms with Gasteiger partial charge in [0.25, 0.3) is 11.8 Å². The van der Waals surface area contributed by atoms with E-state index in [1.807, 2.05) is 27.7 Å². The van der Waals surface area contributed by atoms with Crippen LogP contribution in [0, 0.1) is 5.41 Å². The number of hydrogen-bond donors (Lipinski definition) is 2. The lowest BCUT2D eigenvalue weighted by atomic mass is 9.86. The van der Waals surface area contributed by atoms with E-state index < -0.39 is 17.5 Å². The average Bonchev–Trinajstić information content (AvgIpc) is 3.22. The van der Waals surface area contributed by atoms with Crippen molar-refractivity contribution in [2.45, 2.75) is 52.6 Å². The van der Waals surface area contributed by atoms with Crippen molar-refractivity contribution in [1.82, 2.24) is 20.4 Å². The van der Waals surface area contributed by atoms with E-state index in [2.05, 4.69) is 10.6 Å². The maximum atomic E-state index is 12.7. The maximum absolute atomic E-state index is 12.7. The van der Waals surface area contributed by atoms with Crippen LogP contribution in [0.25, 0.3) is 0 Å². The smallest absolute Gasteiger partial charge is 0.315 e. The average molecular weight is 415 g/mol. The van der Waals surface area contributed by atoms with Crippen LogP contribution in [0.5, 0.6) is 0 Å². The van der Waals surface area contributed by atoms with Gasteiger partial charge in [-0.15, -0.1) is 0 Å². The minimum absolute atomic E-state index is 0.0559. The van der Waals surface area contributed by atoms with Crippen LogP contribution < -0.4 is 10.6 Å². The number of carbonyl (C=O) groups excluding carboxylic acids is 4. The zero-order valence-corrected chi connectivity index (χ0v) is 18.0. The summed E-state index contributed by atoms with van der Waals surface area (Å²) >= 11 is 0. The van der Waals surface area contributed by atoms with Crippen molar-refractivity contribution in [3.05, 3.63) is 35.4 Å². The van der Waals surface area contributed by atoms with Gasteiger partial charge in [0.1, 0.15) is 0 Å². The Kier molecular flexibility index (Phi) is 6.14. The molecule has 1 saturated heterocycles. The topological polar surface area (TPSA) is 98.8 Å². The van der Waals surface area contributed by atoms with Crippen LogP contribution in [-0.4, -0.2) is 65.3 Å². The lowest BCUT2D eigenvalue weighted by molar-refractivity contribution is -0.130. The Morgan fingerprint density at radius 2 is 1.73 bits per heavy atom. The maximum Gasteiger partial charge on any atom is 0.315 e. The summed E-state index contributed by atoms with van der Waals surface area (Å²) < 4.78 is 0. The molecule has 0 spiro atoms. The fourth-order valence-electron chi connectivity index (χ4n) is 3.89. The Balaban J connectivity index is 1.61. The molecule has 8 heteroatoms. The molecule has 1 aromatic carbocycles. The summed E-state index contributed by atoms with van der Waals surface area (Å²) in [5.74, 6) is -0.821. The predicted octanol–water partition coefficient (Wildman–Crippen LogP) is 2.01. The summed E-state index contributed by atoms with van der Waals surface area (Å²) in [5, 5.41) is 5.46. The molecule has 0 saturated carbocycles.